The summed E-state index contributed by atoms with van der Waals surface area (Å²) in [5.74, 6) is 0. The van der Waals surface area contributed by atoms with Crippen molar-refractivity contribution < 1.29 is 0 Å². The summed E-state index contributed by atoms with van der Waals surface area (Å²) in [6.07, 6.45) is 10.6. The maximum atomic E-state index is 6.09. The summed E-state index contributed by atoms with van der Waals surface area (Å²) >= 11 is 0. The van der Waals surface area contributed by atoms with Crippen molar-refractivity contribution in [2.45, 2.75) is 63.8 Å². The predicted octanol–water partition coefficient (Wildman–Crippen LogP) is 2.84. The van der Waals surface area contributed by atoms with E-state index in [1.807, 2.05) is 0 Å². The van der Waals surface area contributed by atoms with Crippen LogP contribution in [-0.2, 0) is 0 Å². The van der Waals surface area contributed by atoms with E-state index < -0.39 is 0 Å². The summed E-state index contributed by atoms with van der Waals surface area (Å²) in [7, 11) is 0. The average molecular weight is 155 g/mol. The van der Waals surface area contributed by atoms with Gasteiger partial charge in [0.25, 0.3) is 0 Å². The Bertz CT molecular complexity index is 105. The lowest BCUT2D eigenvalue weighted by Crippen LogP contribution is -2.46. The van der Waals surface area contributed by atoms with Crippen molar-refractivity contribution in [2.24, 2.45) is 5.73 Å². The summed E-state index contributed by atoms with van der Waals surface area (Å²) < 4.78 is 0. The van der Waals surface area contributed by atoms with Gasteiger partial charge in [-0.05, 0) is 25.7 Å². The van der Waals surface area contributed by atoms with E-state index in [0.29, 0.717) is 0 Å². The van der Waals surface area contributed by atoms with Gasteiger partial charge < -0.3 is 5.73 Å². The van der Waals surface area contributed by atoms with E-state index in [2.05, 4.69) is 6.92 Å². The van der Waals surface area contributed by atoms with Crippen molar-refractivity contribution in [3.63, 3.8) is 0 Å². The van der Waals surface area contributed by atoms with E-state index >= 15 is 0 Å². The molecule has 0 aliphatic heterocycles. The van der Waals surface area contributed by atoms with Crippen LogP contribution in [-0.4, -0.2) is 5.54 Å². The summed E-state index contributed by atoms with van der Waals surface area (Å²) in [4.78, 5) is 0. The van der Waals surface area contributed by atoms with Gasteiger partial charge in [0.2, 0.25) is 0 Å². The molecule has 0 bridgehead atoms. The molecule has 11 heavy (non-hydrogen) atoms. The zero-order valence-corrected chi connectivity index (χ0v) is 7.73. The Kier molecular flexibility index (Phi) is 3.38. The molecule has 0 heterocycles. The van der Waals surface area contributed by atoms with Crippen LogP contribution in [0.5, 0.6) is 0 Å². The van der Waals surface area contributed by atoms with Gasteiger partial charge in [-0.25, -0.2) is 0 Å². The first-order valence-electron chi connectivity index (χ1n) is 5.06. The van der Waals surface area contributed by atoms with E-state index in [0.717, 1.165) is 0 Å². The topological polar surface area (TPSA) is 26.0 Å². The molecule has 66 valence electrons. The van der Waals surface area contributed by atoms with Crippen LogP contribution in [0.2, 0.25) is 0 Å². The van der Waals surface area contributed by atoms with Crippen molar-refractivity contribution in [3.05, 3.63) is 0 Å². The van der Waals surface area contributed by atoms with Crippen LogP contribution >= 0.6 is 0 Å². The third-order valence-corrected chi connectivity index (χ3v) is 2.88. The molecular weight excluding hydrogens is 134 g/mol. The molecule has 0 radical (unpaired) electrons. The summed E-state index contributed by atoms with van der Waals surface area (Å²) in [6.45, 7) is 2.25. The number of hydrogen-bond acceptors (Lipinski definition) is 1. The molecule has 2 N–H and O–H groups in total. The van der Waals surface area contributed by atoms with Gasteiger partial charge >= 0.3 is 0 Å². The van der Waals surface area contributed by atoms with Gasteiger partial charge in [0.1, 0.15) is 0 Å². The molecule has 0 aromatic heterocycles. The highest BCUT2D eigenvalue weighted by Crippen LogP contribution is 2.33. The molecule has 0 spiro atoms. The molecule has 0 unspecified atom stereocenters. The first-order valence-corrected chi connectivity index (χ1v) is 5.06. The highest BCUT2D eigenvalue weighted by atomic mass is 14.8. The Morgan fingerprint density at radius 3 is 2.36 bits per heavy atom. The van der Waals surface area contributed by atoms with E-state index in [1.165, 1.54) is 51.4 Å². The van der Waals surface area contributed by atoms with Crippen LogP contribution in [0.3, 0.4) is 0 Å². The molecule has 0 atom stereocenters. The van der Waals surface area contributed by atoms with E-state index in [9.17, 15) is 0 Å². The van der Waals surface area contributed by atoms with E-state index in [-0.39, 0.29) is 5.54 Å². The monoisotopic (exact) mass is 155 g/mol. The van der Waals surface area contributed by atoms with Crippen molar-refractivity contribution in [2.75, 3.05) is 0 Å². The fourth-order valence-corrected chi connectivity index (χ4v) is 1.78. The molecule has 0 amide bonds. The summed E-state index contributed by atoms with van der Waals surface area (Å²) in [5, 5.41) is 0. The molecule has 1 fully saturated rings. The lowest BCUT2D eigenvalue weighted by atomic mass is 9.74. The molecule has 1 aliphatic carbocycles. The minimum atomic E-state index is 0.272. The predicted molar refractivity (Wildman–Crippen MR) is 49.5 cm³/mol. The zero-order chi connectivity index (χ0) is 8.16. The van der Waals surface area contributed by atoms with Crippen molar-refractivity contribution >= 4 is 0 Å². The Hall–Kier alpha value is -0.0400. The Morgan fingerprint density at radius 2 is 1.91 bits per heavy atom. The zero-order valence-electron chi connectivity index (χ0n) is 7.73. The fraction of sp³-hybridized carbons (Fsp3) is 1.00. The van der Waals surface area contributed by atoms with Gasteiger partial charge in [0.05, 0.1) is 0 Å². The Morgan fingerprint density at radius 1 is 1.18 bits per heavy atom. The third-order valence-electron chi connectivity index (χ3n) is 2.88. The van der Waals surface area contributed by atoms with Crippen LogP contribution in [0.15, 0.2) is 0 Å². The van der Waals surface area contributed by atoms with Crippen molar-refractivity contribution in [1.82, 2.24) is 0 Å². The Labute approximate surface area is 70.4 Å². The number of unbranched alkanes of at least 4 members (excludes halogenated alkanes) is 3. The average Bonchev–Trinajstić information content (AvgIpc) is 1.95. The molecular formula is C10H21N. The third kappa shape index (κ3) is 2.82. The molecule has 1 saturated carbocycles. The van der Waals surface area contributed by atoms with Crippen molar-refractivity contribution in [1.29, 1.82) is 0 Å². The smallest absolute Gasteiger partial charge is 0.0154 e. The highest BCUT2D eigenvalue weighted by molar-refractivity contribution is 4.91. The molecule has 1 rings (SSSR count). The van der Waals surface area contributed by atoms with Gasteiger partial charge in [-0.3, -0.25) is 0 Å². The van der Waals surface area contributed by atoms with E-state index in [4.69, 9.17) is 5.73 Å². The van der Waals surface area contributed by atoms with Crippen LogP contribution in [0.1, 0.15) is 58.3 Å². The number of rotatable bonds is 5. The maximum absolute atomic E-state index is 6.09. The second-order valence-electron chi connectivity index (χ2n) is 4.03. The summed E-state index contributed by atoms with van der Waals surface area (Å²) in [5.41, 5.74) is 6.36. The second kappa shape index (κ2) is 4.10. The standard InChI is InChI=1S/C10H21N/c1-2-3-4-5-7-10(11)8-6-9-10/h2-9,11H2,1H3. The quantitative estimate of drug-likeness (QED) is 0.607. The minimum absolute atomic E-state index is 0.272. The van der Waals surface area contributed by atoms with Gasteiger partial charge in [-0.2, -0.15) is 0 Å². The maximum Gasteiger partial charge on any atom is 0.0154 e. The van der Waals surface area contributed by atoms with Crippen LogP contribution in [0.4, 0.5) is 0 Å². The minimum Gasteiger partial charge on any atom is -0.325 e. The van der Waals surface area contributed by atoms with Crippen LogP contribution in [0.25, 0.3) is 0 Å². The second-order valence-corrected chi connectivity index (χ2v) is 4.03. The van der Waals surface area contributed by atoms with Gasteiger partial charge in [-0.15, -0.1) is 0 Å². The van der Waals surface area contributed by atoms with Gasteiger partial charge in [0, 0.05) is 5.54 Å². The molecule has 1 aliphatic rings. The number of nitrogens with two attached hydrogens (primary N) is 1. The van der Waals surface area contributed by atoms with E-state index in [1.54, 1.807) is 0 Å². The van der Waals surface area contributed by atoms with Crippen LogP contribution < -0.4 is 5.73 Å². The first kappa shape index (κ1) is 9.05. The lowest BCUT2D eigenvalue weighted by molar-refractivity contribution is 0.224. The molecule has 0 aromatic carbocycles. The van der Waals surface area contributed by atoms with Gasteiger partial charge in [-0.1, -0.05) is 32.6 Å². The fourth-order valence-electron chi connectivity index (χ4n) is 1.78. The lowest BCUT2D eigenvalue weighted by Gasteiger charge is -2.38. The largest absolute Gasteiger partial charge is 0.325 e. The molecule has 0 aromatic rings. The SMILES string of the molecule is CCCCCCC1(N)CCC1. The van der Waals surface area contributed by atoms with Crippen LogP contribution in [0, 0.1) is 0 Å². The Balaban J connectivity index is 1.94. The molecule has 1 heteroatoms. The summed E-state index contributed by atoms with van der Waals surface area (Å²) in [6, 6.07) is 0. The first-order chi connectivity index (χ1) is 5.27. The highest BCUT2D eigenvalue weighted by Gasteiger charge is 2.31. The molecule has 1 nitrogen and oxygen atoms in total. The number of hydrogen-bond donors (Lipinski definition) is 1. The molecule has 0 saturated heterocycles. The normalized spacial score (nSPS) is 21.3. The van der Waals surface area contributed by atoms with Gasteiger partial charge in [0.15, 0.2) is 0 Å². The van der Waals surface area contributed by atoms with Crippen molar-refractivity contribution in [3.8, 4) is 0 Å².